The van der Waals surface area contributed by atoms with E-state index in [-0.39, 0.29) is 40.4 Å². The molecule has 7 atom stereocenters. The van der Waals surface area contributed by atoms with Gasteiger partial charge in [0, 0.05) is 36.3 Å². The molecule has 1 aromatic heterocycles. The van der Waals surface area contributed by atoms with E-state index in [1.807, 2.05) is 0 Å². The number of aromatic nitrogens is 2. The van der Waals surface area contributed by atoms with E-state index in [9.17, 15) is 9.90 Å². The van der Waals surface area contributed by atoms with Crippen molar-refractivity contribution >= 4 is 17.4 Å². The first-order valence-corrected chi connectivity index (χ1v) is 19.3. The monoisotopic (exact) mass is 684 g/mol. The first kappa shape index (κ1) is 35.7. The zero-order valence-corrected chi connectivity index (χ0v) is 31.2. The summed E-state index contributed by atoms with van der Waals surface area (Å²) in [7, 11) is 0. The van der Waals surface area contributed by atoms with Crippen LogP contribution in [0.3, 0.4) is 0 Å². The van der Waals surface area contributed by atoms with Gasteiger partial charge in [0.25, 0.3) is 0 Å². The average Bonchev–Trinajstić information content (AvgIpc) is 3.42. The number of aromatic amines is 1. The van der Waals surface area contributed by atoms with Crippen molar-refractivity contribution < 1.29 is 14.6 Å². The molecule has 0 amide bonds. The van der Waals surface area contributed by atoms with Crippen molar-refractivity contribution in [3.63, 3.8) is 0 Å². The van der Waals surface area contributed by atoms with Crippen LogP contribution in [0, 0.1) is 44.8 Å². The van der Waals surface area contributed by atoms with Gasteiger partial charge in [-0.2, -0.15) is 5.10 Å². The number of H-pyrrole nitrogens is 1. The number of carboxylic acids is 1. The number of carboxylic acid groups (broad SMARTS) is 1. The average molecular weight is 685 g/mol. The van der Waals surface area contributed by atoms with E-state index in [0.29, 0.717) is 17.7 Å². The fourth-order valence-electron chi connectivity index (χ4n) is 13.3. The molecule has 4 fully saturated rings. The molecule has 7 heteroatoms. The Morgan fingerprint density at radius 2 is 1.66 bits per heavy atom. The van der Waals surface area contributed by atoms with Crippen molar-refractivity contribution in [3.05, 3.63) is 52.2 Å². The molecule has 7 nitrogen and oxygen atoms in total. The Morgan fingerprint density at radius 1 is 0.980 bits per heavy atom. The molecule has 3 saturated carbocycles. The van der Waals surface area contributed by atoms with Gasteiger partial charge in [-0.1, -0.05) is 85.7 Å². The SMILES string of the molecule is C.CC1(C)CC[C@]2(C(=O)O)CC[C@]3(C)C(=C(c4ccc(CN5CCOCC5)cc4)CC4[C@@]5(C)Cc6c(N)n[nH]c6C(C)(C)C5CC[C@]43C)C2C1. The lowest BCUT2D eigenvalue weighted by atomic mass is 9.33. The van der Waals surface area contributed by atoms with Crippen molar-refractivity contribution in [2.75, 3.05) is 32.0 Å². The van der Waals surface area contributed by atoms with E-state index in [0.717, 1.165) is 77.8 Å². The number of ether oxygens (including phenoxy) is 1. The predicted octanol–water partition coefficient (Wildman–Crippen LogP) is 8.89. The Bertz CT molecular complexity index is 1680. The molecule has 274 valence electrons. The van der Waals surface area contributed by atoms with E-state index in [1.165, 1.54) is 46.4 Å². The van der Waals surface area contributed by atoms with Crippen LogP contribution in [0.1, 0.15) is 130 Å². The molecule has 2 aromatic rings. The van der Waals surface area contributed by atoms with Crippen LogP contribution in [-0.2, 0) is 27.9 Å². The summed E-state index contributed by atoms with van der Waals surface area (Å²) >= 11 is 0. The van der Waals surface area contributed by atoms with E-state index in [1.54, 1.807) is 0 Å². The van der Waals surface area contributed by atoms with Gasteiger partial charge in [0.2, 0.25) is 0 Å². The second-order valence-electron chi connectivity index (χ2n) is 19.3. The molecule has 0 spiro atoms. The number of anilines is 1. The Labute approximate surface area is 301 Å². The maximum absolute atomic E-state index is 13.5. The summed E-state index contributed by atoms with van der Waals surface area (Å²) in [6.07, 6.45) is 8.72. The summed E-state index contributed by atoms with van der Waals surface area (Å²) in [5.74, 6) is 1.09. The molecule has 0 radical (unpaired) electrons. The molecule has 1 aromatic carbocycles. The highest BCUT2D eigenvalue weighted by atomic mass is 16.5. The zero-order chi connectivity index (χ0) is 34.8. The van der Waals surface area contributed by atoms with Gasteiger partial charge in [0.05, 0.1) is 18.6 Å². The Kier molecular flexibility index (Phi) is 8.35. The van der Waals surface area contributed by atoms with E-state index in [4.69, 9.17) is 10.5 Å². The van der Waals surface area contributed by atoms with Gasteiger partial charge < -0.3 is 15.6 Å². The number of rotatable bonds is 4. The molecule has 8 rings (SSSR count). The summed E-state index contributed by atoms with van der Waals surface area (Å²) in [5.41, 5.74) is 14.1. The molecular formula is C43H64N4O3. The highest BCUT2D eigenvalue weighted by Gasteiger charge is 2.70. The van der Waals surface area contributed by atoms with Crippen LogP contribution >= 0.6 is 0 Å². The molecule has 6 aliphatic rings. The van der Waals surface area contributed by atoms with Crippen molar-refractivity contribution in [1.29, 1.82) is 0 Å². The summed E-state index contributed by atoms with van der Waals surface area (Å²) in [6, 6.07) is 9.45. The number of allylic oxidation sites excluding steroid dienone is 2. The van der Waals surface area contributed by atoms with Crippen LogP contribution in [-0.4, -0.2) is 52.5 Å². The van der Waals surface area contributed by atoms with Crippen LogP contribution < -0.4 is 5.73 Å². The van der Waals surface area contributed by atoms with E-state index in [2.05, 4.69) is 87.8 Å². The smallest absolute Gasteiger partial charge is 0.310 e. The van der Waals surface area contributed by atoms with Crippen LogP contribution in [0.25, 0.3) is 5.57 Å². The number of hydrogen-bond donors (Lipinski definition) is 3. The molecule has 50 heavy (non-hydrogen) atoms. The second kappa shape index (κ2) is 11.7. The number of nitrogens with two attached hydrogens (primary N) is 1. The number of hydrogen-bond acceptors (Lipinski definition) is 5. The van der Waals surface area contributed by atoms with E-state index >= 15 is 0 Å². The number of morpholine rings is 1. The third kappa shape index (κ3) is 4.87. The summed E-state index contributed by atoms with van der Waals surface area (Å²) < 4.78 is 5.61. The molecular weight excluding hydrogens is 620 g/mol. The first-order valence-electron chi connectivity index (χ1n) is 19.3. The third-order valence-corrected chi connectivity index (χ3v) is 16.2. The quantitative estimate of drug-likeness (QED) is 0.297. The standard InChI is InChI=1S/C42H60N4O3.CH4/c1-37(2)14-16-42(36(47)48)17-15-41(7)33(30(42)24-37)28(27-10-8-26(9-11-27)25-46-18-20-49-21-19-46)22-32-39(5)23-29-34(44-45-35(29)43)38(3,4)31(39)12-13-40(32,41)6;/h8-11,30-32H,12-25H2,1-7H3,(H,47,48)(H3,43,44,45);1H4/t30?,31?,32?,39-,40+,41+,42-;/m0./s1. The number of fused-ring (bicyclic) bond motifs is 8. The number of nitrogen functional groups attached to an aromatic ring is 1. The molecule has 3 unspecified atom stereocenters. The van der Waals surface area contributed by atoms with Gasteiger partial charge in [-0.3, -0.25) is 14.8 Å². The number of nitrogens with zero attached hydrogens (tertiary/aromatic N) is 2. The molecule has 0 bridgehead atoms. The molecule has 4 N–H and O–H groups in total. The predicted molar refractivity (Wildman–Crippen MR) is 201 cm³/mol. The Morgan fingerprint density at radius 3 is 2.34 bits per heavy atom. The molecule has 2 heterocycles. The molecule has 1 saturated heterocycles. The van der Waals surface area contributed by atoms with Gasteiger partial charge in [-0.25, -0.2) is 0 Å². The fourth-order valence-corrected chi connectivity index (χ4v) is 13.3. The van der Waals surface area contributed by atoms with Crippen molar-refractivity contribution in [1.82, 2.24) is 15.1 Å². The van der Waals surface area contributed by atoms with Crippen LogP contribution in [0.15, 0.2) is 29.8 Å². The lowest BCUT2D eigenvalue weighted by Gasteiger charge is -2.71. The molecule has 5 aliphatic carbocycles. The molecule has 1 aliphatic heterocycles. The topological polar surface area (TPSA) is 104 Å². The van der Waals surface area contributed by atoms with Gasteiger partial charge in [0.1, 0.15) is 5.82 Å². The van der Waals surface area contributed by atoms with Crippen LogP contribution in [0.4, 0.5) is 5.82 Å². The number of benzene rings is 1. The fraction of sp³-hybridized carbons (Fsp3) is 0.721. The number of aliphatic carboxylic acids is 1. The van der Waals surface area contributed by atoms with Gasteiger partial charge in [-0.05, 0) is 114 Å². The van der Waals surface area contributed by atoms with Gasteiger partial charge >= 0.3 is 5.97 Å². The minimum absolute atomic E-state index is 0. The Hall–Kier alpha value is -2.64. The lowest BCUT2D eigenvalue weighted by molar-refractivity contribution is -0.175. The number of nitrogens with one attached hydrogen (secondary N) is 1. The van der Waals surface area contributed by atoms with Gasteiger partial charge in [0.15, 0.2) is 0 Å². The highest BCUT2D eigenvalue weighted by Crippen LogP contribution is 2.77. The minimum atomic E-state index is -0.677. The van der Waals surface area contributed by atoms with Crippen molar-refractivity contribution in [2.24, 2.45) is 44.8 Å². The third-order valence-electron chi connectivity index (χ3n) is 16.2. The summed E-state index contributed by atoms with van der Waals surface area (Å²) in [6.45, 7) is 21.9. The normalized spacial score (nSPS) is 38.8. The van der Waals surface area contributed by atoms with Crippen LogP contribution in [0.5, 0.6) is 0 Å². The van der Waals surface area contributed by atoms with Crippen molar-refractivity contribution in [2.45, 2.75) is 126 Å². The maximum atomic E-state index is 13.5. The largest absolute Gasteiger partial charge is 0.481 e. The summed E-state index contributed by atoms with van der Waals surface area (Å²) in [4.78, 5) is 16.0. The summed E-state index contributed by atoms with van der Waals surface area (Å²) in [5, 5.41) is 19.0. The minimum Gasteiger partial charge on any atom is -0.481 e. The van der Waals surface area contributed by atoms with Crippen LogP contribution in [0.2, 0.25) is 0 Å². The zero-order valence-electron chi connectivity index (χ0n) is 31.2. The lowest BCUT2D eigenvalue weighted by Crippen LogP contribution is -2.65. The first-order chi connectivity index (χ1) is 23.1. The Balaban J connectivity index is 0.00000392. The van der Waals surface area contributed by atoms with Gasteiger partial charge in [-0.15, -0.1) is 0 Å². The van der Waals surface area contributed by atoms with Crippen molar-refractivity contribution in [3.8, 4) is 0 Å². The maximum Gasteiger partial charge on any atom is 0.310 e. The number of carbonyl (C=O) groups is 1. The highest BCUT2D eigenvalue weighted by molar-refractivity contribution is 5.80. The second-order valence-corrected chi connectivity index (χ2v) is 19.3. The van der Waals surface area contributed by atoms with E-state index < -0.39 is 11.4 Å².